The summed E-state index contributed by atoms with van der Waals surface area (Å²) in [7, 11) is 0. The van der Waals surface area contributed by atoms with E-state index in [9.17, 15) is 0 Å². The molecule has 0 spiro atoms. The Morgan fingerprint density at radius 2 is 2.25 bits per heavy atom. The Kier molecular flexibility index (Phi) is 1.14. The summed E-state index contributed by atoms with van der Waals surface area (Å²) in [6.45, 7) is 1.21. The summed E-state index contributed by atoms with van der Waals surface area (Å²) in [4.78, 5) is 0. The van der Waals surface area contributed by atoms with Gasteiger partial charge in [0.2, 0.25) is 18.5 Å². The minimum Gasteiger partial charge on any atom is -0.0496 e. The molecule has 0 amide bonds. The number of nitrogens with zero attached hydrogens (tertiary/aromatic N) is 2. The smallest absolute Gasteiger partial charge is 0.0496 e. The molecule has 3 heterocycles. The van der Waals surface area contributed by atoms with Crippen molar-refractivity contribution in [3.63, 3.8) is 0 Å². The Bertz CT molecular complexity index is 366. The van der Waals surface area contributed by atoms with Crippen LogP contribution in [0, 0.1) is 0 Å². The second-order valence-corrected chi connectivity index (χ2v) is 3.51. The van der Waals surface area contributed by atoms with Crippen molar-refractivity contribution in [1.82, 2.24) is 0 Å². The lowest BCUT2D eigenvalue weighted by Crippen LogP contribution is -2.45. The van der Waals surface area contributed by atoms with E-state index in [4.69, 9.17) is 0 Å². The third-order valence-electron chi connectivity index (χ3n) is 2.77. The molecule has 2 aliphatic heterocycles. The Labute approximate surface area is 71.7 Å². The van der Waals surface area contributed by atoms with Gasteiger partial charge < -0.3 is 0 Å². The fourth-order valence-electron chi connectivity index (χ4n) is 2.21. The van der Waals surface area contributed by atoms with E-state index in [1.807, 2.05) is 0 Å². The van der Waals surface area contributed by atoms with Crippen molar-refractivity contribution in [2.75, 3.05) is 6.54 Å². The van der Waals surface area contributed by atoms with Gasteiger partial charge >= 0.3 is 0 Å². The van der Waals surface area contributed by atoms with E-state index in [-0.39, 0.29) is 0 Å². The van der Waals surface area contributed by atoms with Gasteiger partial charge in [0.25, 0.3) is 5.69 Å². The van der Waals surface area contributed by atoms with Crippen molar-refractivity contribution in [2.24, 2.45) is 0 Å². The second kappa shape index (κ2) is 2.16. The molecule has 12 heavy (non-hydrogen) atoms. The van der Waals surface area contributed by atoms with Crippen LogP contribution >= 0.6 is 0 Å². The van der Waals surface area contributed by atoms with Gasteiger partial charge in [0.15, 0.2) is 0 Å². The first kappa shape index (κ1) is 6.35. The fourth-order valence-corrected chi connectivity index (χ4v) is 2.21. The molecule has 0 aromatic carbocycles. The predicted octanol–water partition coefficient (Wildman–Crippen LogP) is 0.541. The van der Waals surface area contributed by atoms with E-state index < -0.39 is 0 Å². The van der Waals surface area contributed by atoms with Gasteiger partial charge in [-0.3, -0.25) is 0 Å². The van der Waals surface area contributed by atoms with Crippen LogP contribution in [0.1, 0.15) is 18.5 Å². The van der Waals surface area contributed by atoms with Gasteiger partial charge in [-0.05, 0) is 6.07 Å². The first-order valence-corrected chi connectivity index (χ1v) is 4.57. The van der Waals surface area contributed by atoms with Crippen LogP contribution in [0.2, 0.25) is 0 Å². The molecule has 0 saturated heterocycles. The van der Waals surface area contributed by atoms with Crippen molar-refractivity contribution in [2.45, 2.75) is 19.3 Å². The highest BCUT2D eigenvalue weighted by Crippen LogP contribution is 2.12. The molecule has 0 unspecified atom stereocenters. The van der Waals surface area contributed by atoms with Gasteiger partial charge in [-0.15, -0.1) is 0 Å². The Morgan fingerprint density at radius 3 is 3.25 bits per heavy atom. The van der Waals surface area contributed by atoms with Gasteiger partial charge in [0.05, 0.1) is 4.68 Å². The van der Waals surface area contributed by atoms with Crippen LogP contribution in [0.25, 0.3) is 0 Å². The van der Waals surface area contributed by atoms with Crippen LogP contribution in [0.4, 0.5) is 0 Å². The predicted molar refractivity (Wildman–Crippen MR) is 45.1 cm³/mol. The van der Waals surface area contributed by atoms with Crippen molar-refractivity contribution >= 4 is 5.71 Å². The van der Waals surface area contributed by atoms with E-state index in [2.05, 4.69) is 33.8 Å². The number of pyridine rings is 1. The maximum atomic E-state index is 2.41. The minimum atomic E-state index is 1.17. The number of rotatable bonds is 0. The number of hydrogen-bond acceptors (Lipinski definition) is 0. The monoisotopic (exact) mass is 160 g/mol. The van der Waals surface area contributed by atoms with Gasteiger partial charge in [0.1, 0.15) is 6.42 Å². The van der Waals surface area contributed by atoms with E-state index in [1.54, 1.807) is 5.71 Å². The zero-order valence-corrected chi connectivity index (χ0v) is 7.03. The molecule has 0 aliphatic carbocycles. The van der Waals surface area contributed by atoms with Crippen LogP contribution in [0.15, 0.2) is 24.4 Å². The van der Waals surface area contributed by atoms with Crippen LogP contribution in [-0.4, -0.2) is 16.9 Å². The standard InChI is InChI=1S/C10H12N2/c1-2-6-11-9(4-1)8-10-5-3-7-12(10)11/h1-2,4,6H,3,5,7-8H2/q+2. The highest BCUT2D eigenvalue weighted by atomic mass is 15.5. The number of aromatic nitrogens is 1. The summed E-state index contributed by atoms with van der Waals surface area (Å²) < 4.78 is 4.71. The van der Waals surface area contributed by atoms with Crippen molar-refractivity contribution in [3.05, 3.63) is 30.1 Å². The molecule has 0 atom stereocenters. The topological polar surface area (TPSA) is 6.89 Å². The molecule has 1 aromatic rings. The maximum absolute atomic E-state index is 2.41. The molecule has 2 heteroatoms. The third-order valence-corrected chi connectivity index (χ3v) is 2.77. The van der Waals surface area contributed by atoms with Crippen molar-refractivity contribution in [3.8, 4) is 0 Å². The average molecular weight is 160 g/mol. The van der Waals surface area contributed by atoms with E-state index in [0.717, 1.165) is 0 Å². The molecular weight excluding hydrogens is 148 g/mol. The lowest BCUT2D eigenvalue weighted by molar-refractivity contribution is -1.20. The Balaban J connectivity index is 2.18. The molecular formula is C10H12N2+2. The highest BCUT2D eigenvalue weighted by molar-refractivity contribution is 5.82. The zero-order valence-electron chi connectivity index (χ0n) is 7.03. The second-order valence-electron chi connectivity index (χ2n) is 3.51. The number of hydrogen-bond donors (Lipinski definition) is 0. The lowest BCUT2D eigenvalue weighted by Gasteiger charge is -1.87. The average Bonchev–Trinajstić information content (AvgIpc) is 2.62. The van der Waals surface area contributed by atoms with Gasteiger partial charge in [-0.25, -0.2) is 0 Å². The van der Waals surface area contributed by atoms with Crippen molar-refractivity contribution in [1.29, 1.82) is 0 Å². The molecule has 0 saturated carbocycles. The molecule has 0 bridgehead atoms. The normalized spacial score (nSPS) is 19.7. The van der Waals surface area contributed by atoms with Crippen LogP contribution < -0.4 is 4.68 Å². The quantitative estimate of drug-likeness (QED) is 0.489. The fraction of sp³-hybridized carbons (Fsp3) is 0.400. The maximum Gasteiger partial charge on any atom is 0.263 e. The summed E-state index contributed by atoms with van der Waals surface area (Å²) in [5, 5.41) is 0. The molecule has 60 valence electrons. The van der Waals surface area contributed by atoms with Gasteiger partial charge in [-0.2, -0.15) is 0 Å². The first-order chi connectivity index (χ1) is 5.95. The first-order valence-electron chi connectivity index (χ1n) is 4.57. The largest absolute Gasteiger partial charge is 0.263 e. The Morgan fingerprint density at radius 1 is 1.25 bits per heavy atom. The van der Waals surface area contributed by atoms with Crippen molar-refractivity contribution < 1.29 is 9.36 Å². The number of fused-ring (bicyclic) bond motifs is 2. The summed E-state index contributed by atoms with van der Waals surface area (Å²) in [5.41, 5.74) is 3.04. The molecule has 3 rings (SSSR count). The van der Waals surface area contributed by atoms with Crippen LogP contribution in [0.3, 0.4) is 0 Å². The lowest BCUT2D eigenvalue weighted by atomic mass is 10.1. The summed E-state index contributed by atoms with van der Waals surface area (Å²) in [6.07, 6.45) is 5.95. The minimum absolute atomic E-state index is 1.17. The van der Waals surface area contributed by atoms with E-state index in [0.29, 0.717) is 0 Å². The molecule has 2 aliphatic rings. The van der Waals surface area contributed by atoms with Crippen LogP contribution in [0.5, 0.6) is 0 Å². The summed E-state index contributed by atoms with van der Waals surface area (Å²) in [5.74, 6) is 0. The summed E-state index contributed by atoms with van der Waals surface area (Å²) in [6, 6.07) is 6.44. The molecule has 1 aromatic heterocycles. The Hall–Kier alpha value is -1.18. The van der Waals surface area contributed by atoms with Gasteiger partial charge in [0, 0.05) is 29.7 Å². The molecule has 0 fully saturated rings. The third kappa shape index (κ3) is 0.697. The molecule has 2 nitrogen and oxygen atoms in total. The zero-order chi connectivity index (χ0) is 7.97. The molecule has 0 N–H and O–H groups in total. The SMILES string of the molecule is c1cc[n+]2c(c1)CC1=[N+]2CCC1. The summed E-state index contributed by atoms with van der Waals surface area (Å²) >= 11 is 0. The van der Waals surface area contributed by atoms with E-state index in [1.165, 1.54) is 31.5 Å². The highest BCUT2D eigenvalue weighted by Gasteiger charge is 2.40. The van der Waals surface area contributed by atoms with Gasteiger partial charge in [-0.1, -0.05) is 0 Å². The van der Waals surface area contributed by atoms with Crippen LogP contribution in [-0.2, 0) is 6.42 Å². The molecule has 0 radical (unpaired) electrons. The van der Waals surface area contributed by atoms with E-state index >= 15 is 0 Å².